The molecule has 1 N–H and O–H groups in total. The van der Waals surface area contributed by atoms with Crippen molar-refractivity contribution in [2.45, 2.75) is 56.6 Å². The lowest BCUT2D eigenvalue weighted by atomic mass is 9.86. The van der Waals surface area contributed by atoms with Crippen LogP contribution in [0.25, 0.3) is 0 Å². The van der Waals surface area contributed by atoms with E-state index >= 15 is 0 Å². The van der Waals surface area contributed by atoms with E-state index in [-0.39, 0.29) is 35.5 Å². The van der Waals surface area contributed by atoms with Gasteiger partial charge in [-0.15, -0.1) is 0 Å². The van der Waals surface area contributed by atoms with Gasteiger partial charge >= 0.3 is 5.97 Å². The highest BCUT2D eigenvalue weighted by Gasteiger charge is 2.30. The van der Waals surface area contributed by atoms with E-state index in [1.807, 2.05) is 0 Å². The smallest absolute Gasteiger partial charge is 0.338 e. The van der Waals surface area contributed by atoms with Crippen molar-refractivity contribution in [3.8, 4) is 0 Å². The first-order valence-corrected chi connectivity index (χ1v) is 12.8. The zero-order chi connectivity index (χ0) is 22.6. The van der Waals surface area contributed by atoms with Crippen LogP contribution in [0.2, 0.25) is 0 Å². The van der Waals surface area contributed by atoms with E-state index in [4.69, 9.17) is 9.47 Å². The number of carbonyl (C=O) groups is 2. The van der Waals surface area contributed by atoms with E-state index in [1.165, 1.54) is 29.4 Å². The van der Waals surface area contributed by atoms with Gasteiger partial charge < -0.3 is 14.8 Å². The number of esters is 1. The molecule has 2 aliphatic rings. The lowest BCUT2D eigenvalue weighted by Crippen LogP contribution is -2.46. The fourth-order valence-electron chi connectivity index (χ4n) is 3.87. The van der Waals surface area contributed by atoms with E-state index in [0.29, 0.717) is 23.6 Å². The maximum atomic E-state index is 13.0. The second-order valence-corrected chi connectivity index (χ2v) is 10.8. The Balaban J connectivity index is 1.68. The van der Waals surface area contributed by atoms with Crippen molar-refractivity contribution in [3.63, 3.8) is 0 Å². The highest BCUT2D eigenvalue weighted by molar-refractivity contribution is 9.10. The molecule has 1 saturated carbocycles. The maximum absolute atomic E-state index is 13.0. The zero-order valence-electron chi connectivity index (χ0n) is 17.8. The third-order valence-electron chi connectivity index (χ3n) is 5.85. The van der Waals surface area contributed by atoms with Crippen LogP contribution in [-0.2, 0) is 24.3 Å². The highest BCUT2D eigenvalue weighted by Crippen LogP contribution is 2.27. The topological polar surface area (TPSA) is 102 Å². The van der Waals surface area contributed by atoms with Crippen LogP contribution in [0.4, 0.5) is 0 Å². The van der Waals surface area contributed by atoms with E-state index in [2.05, 4.69) is 28.2 Å². The second-order valence-electron chi connectivity index (χ2n) is 8.09. The summed E-state index contributed by atoms with van der Waals surface area (Å²) in [5.74, 6) is -0.698. The van der Waals surface area contributed by atoms with Gasteiger partial charge in [0.25, 0.3) is 5.91 Å². The zero-order valence-corrected chi connectivity index (χ0v) is 20.2. The van der Waals surface area contributed by atoms with Crippen molar-refractivity contribution in [3.05, 3.63) is 28.2 Å². The molecule has 8 nitrogen and oxygen atoms in total. The predicted molar refractivity (Wildman–Crippen MR) is 118 cm³/mol. The summed E-state index contributed by atoms with van der Waals surface area (Å²) in [6.45, 7) is 4.78. The fourth-order valence-corrected chi connectivity index (χ4v) is 6.23. The van der Waals surface area contributed by atoms with E-state index in [1.54, 1.807) is 0 Å². The molecule has 0 spiro atoms. The minimum Gasteiger partial charge on any atom is -0.449 e. The van der Waals surface area contributed by atoms with Crippen LogP contribution in [0, 0.1) is 5.92 Å². The van der Waals surface area contributed by atoms with E-state index < -0.39 is 22.1 Å². The molecule has 1 heterocycles. The van der Waals surface area contributed by atoms with Gasteiger partial charge in [0.05, 0.1) is 23.7 Å². The number of nitrogens with zero attached hydrogens (tertiary/aromatic N) is 1. The number of ether oxygens (including phenoxy) is 2. The quantitative estimate of drug-likeness (QED) is 0.583. The number of carbonyl (C=O) groups excluding carboxylic acids is 2. The molecule has 1 saturated heterocycles. The first-order valence-electron chi connectivity index (χ1n) is 10.6. The Morgan fingerprint density at radius 2 is 1.90 bits per heavy atom. The normalized spacial score (nSPS) is 23.7. The molecule has 0 radical (unpaired) electrons. The molecule has 3 rings (SSSR count). The third-order valence-corrected chi connectivity index (χ3v) is 8.74. The molecular weight excluding hydrogens is 488 g/mol. The summed E-state index contributed by atoms with van der Waals surface area (Å²) in [4.78, 5) is 25.1. The molecule has 1 aromatic rings. The van der Waals surface area contributed by atoms with Crippen molar-refractivity contribution in [1.82, 2.24) is 9.62 Å². The SMILES string of the molecule is C[C@@H](OC(=O)c1ccc(Br)c(S(=O)(=O)N2CCOCC2)c1)C(=O)N[C@@H]1CCCC[C@@H]1C. The van der Waals surface area contributed by atoms with Crippen molar-refractivity contribution in [2.24, 2.45) is 5.92 Å². The largest absolute Gasteiger partial charge is 0.449 e. The Labute approximate surface area is 191 Å². The van der Waals surface area contributed by atoms with Crippen LogP contribution in [0.3, 0.4) is 0 Å². The molecule has 10 heteroatoms. The number of halogens is 1. The number of amides is 1. The summed E-state index contributed by atoms with van der Waals surface area (Å²) in [5.41, 5.74) is 0.0701. The second kappa shape index (κ2) is 10.4. The number of rotatable bonds is 6. The van der Waals surface area contributed by atoms with Gasteiger partial charge in [0.15, 0.2) is 6.10 Å². The van der Waals surface area contributed by atoms with Crippen LogP contribution < -0.4 is 5.32 Å². The molecule has 1 aliphatic heterocycles. The molecule has 172 valence electrons. The average Bonchev–Trinajstić information content (AvgIpc) is 2.76. The number of nitrogens with one attached hydrogen (secondary N) is 1. The number of sulfonamides is 1. The van der Waals surface area contributed by atoms with Gasteiger partial charge in [0.2, 0.25) is 10.0 Å². The molecule has 1 amide bonds. The maximum Gasteiger partial charge on any atom is 0.338 e. The van der Waals surface area contributed by atoms with Gasteiger partial charge in [0.1, 0.15) is 0 Å². The molecule has 1 aromatic carbocycles. The Morgan fingerprint density at radius 1 is 1.23 bits per heavy atom. The molecule has 2 fully saturated rings. The molecule has 0 bridgehead atoms. The summed E-state index contributed by atoms with van der Waals surface area (Å²) < 4.78 is 38.2. The van der Waals surface area contributed by atoms with Gasteiger partial charge in [-0.3, -0.25) is 4.79 Å². The predicted octanol–water partition coefficient (Wildman–Crippen LogP) is 2.71. The number of benzene rings is 1. The fraction of sp³-hybridized carbons (Fsp3) is 0.619. The number of morpholine rings is 1. The molecular formula is C21H29BrN2O6S. The first-order chi connectivity index (χ1) is 14.7. The lowest BCUT2D eigenvalue weighted by molar-refractivity contribution is -0.130. The standard InChI is InChI=1S/C21H29BrN2O6S/c1-14-5-3-4-6-18(14)23-20(25)15(2)30-21(26)16-7-8-17(22)19(13-16)31(27,28)24-9-11-29-12-10-24/h7-8,13-15,18H,3-6,9-12H2,1-2H3,(H,23,25)/t14-,15+,18+/m0/s1. The third kappa shape index (κ3) is 5.85. The number of hydrogen-bond donors (Lipinski definition) is 1. The minimum absolute atomic E-state index is 0.0167. The van der Waals surface area contributed by atoms with Crippen molar-refractivity contribution < 1.29 is 27.5 Å². The van der Waals surface area contributed by atoms with Gasteiger partial charge in [-0.25, -0.2) is 13.2 Å². The van der Waals surface area contributed by atoms with E-state index in [9.17, 15) is 18.0 Å². The van der Waals surface area contributed by atoms with Crippen LogP contribution in [0.5, 0.6) is 0 Å². The Kier molecular flexibility index (Phi) is 8.12. The Hall–Kier alpha value is -1.49. The van der Waals surface area contributed by atoms with Crippen LogP contribution in [-0.4, -0.2) is 63.0 Å². The first kappa shape index (κ1) is 24.2. The highest BCUT2D eigenvalue weighted by atomic mass is 79.9. The van der Waals surface area contributed by atoms with Gasteiger partial charge in [0, 0.05) is 23.6 Å². The monoisotopic (exact) mass is 516 g/mol. The summed E-state index contributed by atoms with van der Waals surface area (Å²) in [5, 5.41) is 2.97. The average molecular weight is 517 g/mol. The number of hydrogen-bond acceptors (Lipinski definition) is 6. The Morgan fingerprint density at radius 3 is 2.58 bits per heavy atom. The lowest BCUT2D eigenvalue weighted by Gasteiger charge is -2.30. The molecule has 31 heavy (non-hydrogen) atoms. The van der Waals surface area contributed by atoms with Gasteiger partial charge in [-0.1, -0.05) is 19.8 Å². The van der Waals surface area contributed by atoms with E-state index in [0.717, 1.165) is 25.7 Å². The minimum atomic E-state index is -3.80. The van der Waals surface area contributed by atoms with Crippen molar-refractivity contribution in [2.75, 3.05) is 26.3 Å². The summed E-state index contributed by atoms with van der Waals surface area (Å²) in [6.07, 6.45) is 3.24. The molecule has 3 atom stereocenters. The van der Waals surface area contributed by atoms with Crippen molar-refractivity contribution in [1.29, 1.82) is 0 Å². The molecule has 1 aliphatic carbocycles. The molecule has 0 aromatic heterocycles. The molecule has 0 unspecified atom stereocenters. The van der Waals surface area contributed by atoms with Crippen LogP contribution in [0.15, 0.2) is 27.6 Å². The summed E-state index contributed by atoms with van der Waals surface area (Å²) >= 11 is 3.26. The summed E-state index contributed by atoms with van der Waals surface area (Å²) in [6, 6.07) is 4.34. The van der Waals surface area contributed by atoms with Gasteiger partial charge in [-0.2, -0.15) is 4.31 Å². The van der Waals surface area contributed by atoms with Crippen molar-refractivity contribution >= 4 is 37.8 Å². The summed E-state index contributed by atoms with van der Waals surface area (Å²) in [7, 11) is -3.80. The van der Waals surface area contributed by atoms with Crippen LogP contribution >= 0.6 is 15.9 Å². The van der Waals surface area contributed by atoms with Gasteiger partial charge in [-0.05, 0) is 59.8 Å². The Bertz CT molecular complexity index is 916. The van der Waals surface area contributed by atoms with Crippen LogP contribution in [0.1, 0.15) is 49.9 Å².